The second-order valence-corrected chi connectivity index (χ2v) is 8.36. The zero-order chi connectivity index (χ0) is 14.6. The Balaban J connectivity index is 0.00000220. The van der Waals surface area contributed by atoms with Crippen LogP contribution in [0.5, 0.6) is 0 Å². The molecule has 0 aromatic heterocycles. The average Bonchev–Trinajstić information content (AvgIpc) is 2.75. The van der Waals surface area contributed by atoms with Crippen molar-refractivity contribution in [2.75, 3.05) is 37.7 Å². The number of aliphatic imine (C=N–C) groups is 1. The maximum Gasteiger partial charge on any atom is 0.193 e. The van der Waals surface area contributed by atoms with E-state index in [1.807, 2.05) is 0 Å². The molecule has 2 heterocycles. The molecule has 0 aromatic carbocycles. The molecule has 21 heavy (non-hydrogen) atoms. The molecule has 2 aliphatic rings. The van der Waals surface area contributed by atoms with Crippen LogP contribution in [0.4, 0.5) is 0 Å². The van der Waals surface area contributed by atoms with E-state index >= 15 is 0 Å². The number of hydrogen-bond donors (Lipinski definition) is 1. The van der Waals surface area contributed by atoms with Gasteiger partial charge in [0, 0.05) is 26.2 Å². The minimum atomic E-state index is -2.79. The van der Waals surface area contributed by atoms with Crippen LogP contribution in [0.2, 0.25) is 0 Å². The quantitative estimate of drug-likeness (QED) is 0.422. The van der Waals surface area contributed by atoms with Crippen LogP contribution >= 0.6 is 24.0 Å². The largest absolute Gasteiger partial charge is 0.357 e. The van der Waals surface area contributed by atoms with Crippen molar-refractivity contribution in [1.82, 2.24) is 10.2 Å². The predicted molar refractivity (Wildman–Crippen MR) is 98.1 cm³/mol. The minimum Gasteiger partial charge on any atom is -0.357 e. The van der Waals surface area contributed by atoms with Crippen LogP contribution in [0, 0.1) is 11.8 Å². The number of sulfone groups is 1. The molecule has 0 saturated carbocycles. The molecular formula is C14H28IN3O2S. The SMILES string of the molecule is CCNC(=NCC1CCS(=O)(=O)C1)N1CCC(C)CC1.I. The van der Waals surface area contributed by atoms with E-state index in [1.165, 1.54) is 12.8 Å². The summed E-state index contributed by atoms with van der Waals surface area (Å²) in [6.45, 7) is 7.96. The lowest BCUT2D eigenvalue weighted by atomic mass is 9.99. The third-order valence-corrected chi connectivity index (χ3v) is 6.08. The van der Waals surface area contributed by atoms with Gasteiger partial charge in [0.1, 0.15) is 0 Å². The van der Waals surface area contributed by atoms with E-state index in [0.29, 0.717) is 18.1 Å². The van der Waals surface area contributed by atoms with Crippen molar-refractivity contribution in [3.63, 3.8) is 0 Å². The molecule has 2 rings (SSSR count). The highest BCUT2D eigenvalue weighted by Crippen LogP contribution is 2.19. The maximum absolute atomic E-state index is 11.5. The standard InChI is InChI=1S/C14H27N3O2S.HI/c1-3-15-14(17-7-4-12(2)5-8-17)16-10-13-6-9-20(18,19)11-13;/h12-13H,3-11H2,1-2H3,(H,15,16);1H. The molecule has 1 N–H and O–H groups in total. The second-order valence-electron chi connectivity index (χ2n) is 6.13. The minimum absolute atomic E-state index is 0. The summed E-state index contributed by atoms with van der Waals surface area (Å²) in [7, 11) is -2.79. The van der Waals surface area contributed by atoms with Crippen LogP contribution in [0.1, 0.15) is 33.1 Å². The lowest BCUT2D eigenvalue weighted by molar-refractivity contribution is 0.273. The Morgan fingerprint density at radius 1 is 1.29 bits per heavy atom. The molecule has 0 radical (unpaired) electrons. The van der Waals surface area contributed by atoms with E-state index in [0.717, 1.165) is 37.9 Å². The van der Waals surface area contributed by atoms with Crippen LogP contribution in [0.25, 0.3) is 0 Å². The fourth-order valence-electron chi connectivity index (χ4n) is 2.88. The van der Waals surface area contributed by atoms with Crippen LogP contribution in [-0.2, 0) is 9.84 Å². The lowest BCUT2D eigenvalue weighted by Crippen LogP contribution is -2.45. The van der Waals surface area contributed by atoms with Crippen molar-refractivity contribution < 1.29 is 8.42 Å². The first-order valence-electron chi connectivity index (χ1n) is 7.74. The monoisotopic (exact) mass is 429 g/mol. The Kier molecular flexibility index (Phi) is 7.73. The first-order valence-corrected chi connectivity index (χ1v) is 9.56. The number of piperidine rings is 1. The second kappa shape index (κ2) is 8.55. The molecule has 2 saturated heterocycles. The van der Waals surface area contributed by atoms with Crippen molar-refractivity contribution in [3.05, 3.63) is 0 Å². The van der Waals surface area contributed by atoms with Crippen molar-refractivity contribution in [1.29, 1.82) is 0 Å². The Morgan fingerprint density at radius 3 is 2.48 bits per heavy atom. The zero-order valence-corrected chi connectivity index (χ0v) is 16.2. The third-order valence-electron chi connectivity index (χ3n) is 4.24. The highest BCUT2D eigenvalue weighted by atomic mass is 127. The number of nitrogens with zero attached hydrogens (tertiary/aromatic N) is 2. The first-order chi connectivity index (χ1) is 9.50. The van der Waals surface area contributed by atoms with Gasteiger partial charge in [0.15, 0.2) is 15.8 Å². The molecule has 2 fully saturated rings. The van der Waals surface area contributed by atoms with Gasteiger partial charge < -0.3 is 10.2 Å². The van der Waals surface area contributed by atoms with Gasteiger partial charge in [-0.05, 0) is 38.0 Å². The number of likely N-dealkylation sites (tertiary alicyclic amines) is 1. The Labute approximate surface area is 145 Å². The van der Waals surface area contributed by atoms with Crippen molar-refractivity contribution in [2.24, 2.45) is 16.8 Å². The van der Waals surface area contributed by atoms with Gasteiger partial charge in [-0.15, -0.1) is 24.0 Å². The number of rotatable bonds is 3. The summed E-state index contributed by atoms with van der Waals surface area (Å²) in [4.78, 5) is 6.99. The summed E-state index contributed by atoms with van der Waals surface area (Å²) < 4.78 is 22.9. The summed E-state index contributed by atoms with van der Waals surface area (Å²) >= 11 is 0. The topological polar surface area (TPSA) is 61.8 Å². The molecule has 0 aromatic rings. The predicted octanol–water partition coefficient (Wildman–Crippen LogP) is 1.74. The van der Waals surface area contributed by atoms with E-state index < -0.39 is 9.84 Å². The van der Waals surface area contributed by atoms with E-state index in [1.54, 1.807) is 0 Å². The van der Waals surface area contributed by atoms with Crippen molar-refractivity contribution in [3.8, 4) is 0 Å². The van der Waals surface area contributed by atoms with Gasteiger partial charge in [-0.3, -0.25) is 4.99 Å². The summed E-state index contributed by atoms with van der Waals surface area (Å²) in [5, 5.41) is 3.34. The molecule has 124 valence electrons. The van der Waals surface area contributed by atoms with E-state index in [2.05, 4.69) is 29.1 Å². The Bertz CT molecular complexity index is 445. The van der Waals surface area contributed by atoms with Gasteiger partial charge in [-0.2, -0.15) is 0 Å². The van der Waals surface area contributed by atoms with E-state index in [4.69, 9.17) is 0 Å². The fraction of sp³-hybridized carbons (Fsp3) is 0.929. The molecule has 5 nitrogen and oxygen atoms in total. The smallest absolute Gasteiger partial charge is 0.193 e. The molecular weight excluding hydrogens is 401 g/mol. The van der Waals surface area contributed by atoms with Crippen molar-refractivity contribution in [2.45, 2.75) is 33.1 Å². The Hall–Kier alpha value is -0.0500. The molecule has 0 amide bonds. The molecule has 1 unspecified atom stereocenters. The van der Waals surface area contributed by atoms with Gasteiger partial charge in [0.05, 0.1) is 11.5 Å². The van der Waals surface area contributed by atoms with E-state index in [9.17, 15) is 8.42 Å². The van der Waals surface area contributed by atoms with Gasteiger partial charge in [0.25, 0.3) is 0 Å². The third kappa shape index (κ3) is 5.92. The number of hydrogen-bond acceptors (Lipinski definition) is 3. The van der Waals surface area contributed by atoms with Crippen LogP contribution in [-0.4, -0.2) is 57.0 Å². The van der Waals surface area contributed by atoms with Crippen LogP contribution in [0.15, 0.2) is 4.99 Å². The van der Waals surface area contributed by atoms with Crippen LogP contribution in [0.3, 0.4) is 0 Å². The van der Waals surface area contributed by atoms with Gasteiger partial charge in [0.2, 0.25) is 0 Å². The number of guanidine groups is 1. The molecule has 0 aliphatic carbocycles. The van der Waals surface area contributed by atoms with Gasteiger partial charge in [-0.25, -0.2) is 8.42 Å². The summed E-state index contributed by atoms with van der Waals surface area (Å²) in [6.07, 6.45) is 3.19. The highest BCUT2D eigenvalue weighted by molar-refractivity contribution is 14.0. The Morgan fingerprint density at radius 2 is 1.95 bits per heavy atom. The van der Waals surface area contributed by atoms with E-state index in [-0.39, 0.29) is 29.9 Å². The molecule has 0 bridgehead atoms. The number of nitrogens with one attached hydrogen (secondary N) is 1. The van der Waals surface area contributed by atoms with Gasteiger partial charge >= 0.3 is 0 Å². The van der Waals surface area contributed by atoms with Crippen molar-refractivity contribution >= 4 is 39.8 Å². The van der Waals surface area contributed by atoms with Crippen LogP contribution < -0.4 is 5.32 Å². The molecule has 1 atom stereocenters. The molecule has 7 heteroatoms. The normalized spacial score (nSPS) is 26.5. The first kappa shape index (κ1) is 19.0. The number of halogens is 1. The summed E-state index contributed by atoms with van der Waals surface area (Å²) in [5.41, 5.74) is 0. The average molecular weight is 429 g/mol. The molecule has 0 spiro atoms. The maximum atomic E-state index is 11.5. The summed E-state index contributed by atoms with van der Waals surface area (Å²) in [6, 6.07) is 0. The van der Waals surface area contributed by atoms with Gasteiger partial charge in [-0.1, -0.05) is 6.92 Å². The lowest BCUT2D eigenvalue weighted by Gasteiger charge is -2.33. The molecule has 2 aliphatic heterocycles. The zero-order valence-electron chi connectivity index (χ0n) is 13.0. The summed E-state index contributed by atoms with van der Waals surface area (Å²) in [5.74, 6) is 2.62. The highest BCUT2D eigenvalue weighted by Gasteiger charge is 2.28. The fourth-order valence-corrected chi connectivity index (χ4v) is 4.73.